The number of halogens is 3. The molecule has 0 aliphatic rings. The minimum Gasteiger partial charge on any atom is -0.454 e. The molecule has 4 aromatic rings. The quantitative estimate of drug-likeness (QED) is 0.459. The second-order valence-electron chi connectivity index (χ2n) is 6.25. The zero-order valence-electron chi connectivity index (χ0n) is 15.7. The minimum absolute atomic E-state index is 0.0693. The van der Waals surface area contributed by atoms with Crippen LogP contribution in [0.15, 0.2) is 64.2 Å². The van der Waals surface area contributed by atoms with E-state index in [4.69, 9.17) is 4.52 Å². The van der Waals surface area contributed by atoms with Crippen molar-refractivity contribution in [3.63, 3.8) is 0 Å². The summed E-state index contributed by atoms with van der Waals surface area (Å²) in [5, 5.41) is 8.10. The maximum Gasteiger partial charge on any atom is 0.422 e. The fourth-order valence-corrected chi connectivity index (χ4v) is 2.54. The van der Waals surface area contributed by atoms with Gasteiger partial charge in [0.2, 0.25) is 11.7 Å². The fourth-order valence-electron chi connectivity index (χ4n) is 2.54. The average Bonchev–Trinajstić information content (AvgIpc) is 3.23. The Balaban J connectivity index is 1.51. The van der Waals surface area contributed by atoms with Crippen molar-refractivity contribution in [2.75, 3.05) is 6.61 Å². The summed E-state index contributed by atoms with van der Waals surface area (Å²) in [4.78, 5) is 23.9. The number of nitrogens with zero attached hydrogens (tertiary/aromatic N) is 6. The van der Waals surface area contributed by atoms with Crippen molar-refractivity contribution in [3.05, 3.63) is 71.1 Å². The second kappa shape index (κ2) is 8.34. The van der Waals surface area contributed by atoms with Gasteiger partial charge in [-0.25, -0.2) is 14.6 Å². The lowest BCUT2D eigenvalue weighted by Crippen LogP contribution is -2.23. The Bertz CT molecular complexity index is 1220. The largest absolute Gasteiger partial charge is 0.454 e. The highest BCUT2D eigenvalue weighted by atomic mass is 19.4. The van der Waals surface area contributed by atoms with E-state index in [0.717, 1.165) is 10.2 Å². The SMILES string of the molecule is O=c1ccc(-c2cnc(OCC(F)(F)F)nc2)nn1Cc1nc(-c2ccccc2)no1. The normalized spacial score (nSPS) is 11.5. The molecule has 0 atom stereocenters. The highest BCUT2D eigenvalue weighted by molar-refractivity contribution is 5.55. The van der Waals surface area contributed by atoms with Gasteiger partial charge in [-0.05, 0) is 6.07 Å². The zero-order chi connectivity index (χ0) is 21.8. The molecule has 3 aromatic heterocycles. The molecule has 0 radical (unpaired) electrons. The maximum absolute atomic E-state index is 12.2. The highest BCUT2D eigenvalue weighted by Gasteiger charge is 2.28. The van der Waals surface area contributed by atoms with Crippen LogP contribution in [0.2, 0.25) is 0 Å². The highest BCUT2D eigenvalue weighted by Crippen LogP contribution is 2.18. The Hall–Kier alpha value is -4.09. The first kappa shape index (κ1) is 20.2. The number of alkyl halides is 3. The van der Waals surface area contributed by atoms with Crippen LogP contribution in [-0.4, -0.2) is 42.7 Å². The van der Waals surface area contributed by atoms with E-state index in [2.05, 4.69) is 29.9 Å². The Labute approximate surface area is 172 Å². The monoisotopic (exact) mass is 430 g/mol. The van der Waals surface area contributed by atoms with Crippen LogP contribution in [0.3, 0.4) is 0 Å². The van der Waals surface area contributed by atoms with Gasteiger partial charge in [-0.3, -0.25) is 4.79 Å². The molecule has 0 aliphatic carbocycles. The van der Waals surface area contributed by atoms with E-state index in [1.165, 1.54) is 24.5 Å². The van der Waals surface area contributed by atoms with Crippen molar-refractivity contribution < 1.29 is 22.4 Å². The van der Waals surface area contributed by atoms with Gasteiger partial charge in [0.15, 0.2) is 6.61 Å². The van der Waals surface area contributed by atoms with Crippen molar-refractivity contribution in [1.29, 1.82) is 0 Å². The molecular formula is C19H13F3N6O3. The lowest BCUT2D eigenvalue weighted by molar-refractivity contribution is -0.154. The molecule has 1 aromatic carbocycles. The number of hydrogen-bond acceptors (Lipinski definition) is 8. The summed E-state index contributed by atoms with van der Waals surface area (Å²) in [5.74, 6) is 0.556. The summed E-state index contributed by atoms with van der Waals surface area (Å²) in [5.41, 5.74) is 1.05. The first-order valence-corrected chi connectivity index (χ1v) is 8.85. The molecule has 3 heterocycles. The Morgan fingerprint density at radius 1 is 1.00 bits per heavy atom. The number of rotatable bonds is 6. The topological polar surface area (TPSA) is 109 Å². The molecule has 0 unspecified atom stereocenters. The summed E-state index contributed by atoms with van der Waals surface area (Å²) in [7, 11) is 0. The molecule has 0 aliphatic heterocycles. The molecule has 0 spiro atoms. The molecule has 12 heteroatoms. The lowest BCUT2D eigenvalue weighted by atomic mass is 10.2. The average molecular weight is 430 g/mol. The molecule has 0 bridgehead atoms. The van der Waals surface area contributed by atoms with E-state index in [1.54, 1.807) is 0 Å². The third-order valence-electron chi connectivity index (χ3n) is 3.94. The number of ether oxygens (including phenoxy) is 1. The van der Waals surface area contributed by atoms with Gasteiger partial charge in [0.05, 0.1) is 5.69 Å². The van der Waals surface area contributed by atoms with Gasteiger partial charge in [-0.1, -0.05) is 35.5 Å². The van der Waals surface area contributed by atoms with E-state index >= 15 is 0 Å². The van der Waals surface area contributed by atoms with Gasteiger partial charge < -0.3 is 9.26 Å². The van der Waals surface area contributed by atoms with Crippen LogP contribution < -0.4 is 10.3 Å². The summed E-state index contributed by atoms with van der Waals surface area (Å²) in [6, 6.07) is 11.5. The Morgan fingerprint density at radius 3 is 2.45 bits per heavy atom. The standard InChI is InChI=1S/C19H13F3N6O3/c20-19(21,22)11-30-18-23-8-13(9-24-18)14-6-7-16(29)28(26-14)10-15-25-17(27-31-15)12-4-2-1-3-5-12/h1-9H,10-11H2. The zero-order valence-corrected chi connectivity index (χ0v) is 15.7. The maximum atomic E-state index is 12.2. The number of aromatic nitrogens is 6. The molecule has 0 N–H and O–H groups in total. The van der Waals surface area contributed by atoms with E-state index in [0.29, 0.717) is 17.1 Å². The molecule has 31 heavy (non-hydrogen) atoms. The van der Waals surface area contributed by atoms with E-state index in [-0.39, 0.29) is 12.4 Å². The predicted octanol–water partition coefficient (Wildman–Crippen LogP) is 2.74. The van der Waals surface area contributed by atoms with Crippen LogP contribution in [0.1, 0.15) is 5.89 Å². The number of hydrogen-bond donors (Lipinski definition) is 0. The minimum atomic E-state index is -4.49. The van der Waals surface area contributed by atoms with E-state index < -0.39 is 24.4 Å². The van der Waals surface area contributed by atoms with Crippen LogP contribution in [0.4, 0.5) is 13.2 Å². The van der Waals surface area contributed by atoms with Gasteiger partial charge in [-0.2, -0.15) is 23.3 Å². The number of benzene rings is 1. The van der Waals surface area contributed by atoms with Gasteiger partial charge in [0, 0.05) is 29.6 Å². The first-order valence-electron chi connectivity index (χ1n) is 8.85. The first-order chi connectivity index (χ1) is 14.9. The van der Waals surface area contributed by atoms with Gasteiger partial charge >= 0.3 is 12.2 Å². The molecular weight excluding hydrogens is 417 g/mol. The van der Waals surface area contributed by atoms with Gasteiger partial charge in [0.25, 0.3) is 5.56 Å². The third kappa shape index (κ3) is 5.10. The molecule has 0 fully saturated rings. The molecule has 158 valence electrons. The summed E-state index contributed by atoms with van der Waals surface area (Å²) in [6.07, 6.45) is -2.00. The van der Waals surface area contributed by atoms with Gasteiger partial charge in [-0.15, -0.1) is 0 Å². The van der Waals surface area contributed by atoms with Crippen molar-refractivity contribution in [1.82, 2.24) is 29.9 Å². The molecule has 0 saturated heterocycles. The third-order valence-corrected chi connectivity index (χ3v) is 3.94. The molecule has 9 nitrogen and oxygen atoms in total. The van der Waals surface area contributed by atoms with Crippen LogP contribution in [0.5, 0.6) is 6.01 Å². The Kier molecular flexibility index (Phi) is 5.43. The van der Waals surface area contributed by atoms with Crippen molar-refractivity contribution >= 4 is 0 Å². The lowest BCUT2D eigenvalue weighted by Gasteiger charge is -2.08. The smallest absolute Gasteiger partial charge is 0.422 e. The van der Waals surface area contributed by atoms with Crippen LogP contribution in [-0.2, 0) is 6.54 Å². The van der Waals surface area contributed by atoms with E-state index in [9.17, 15) is 18.0 Å². The van der Waals surface area contributed by atoms with Crippen molar-refractivity contribution in [2.24, 2.45) is 0 Å². The Morgan fingerprint density at radius 2 is 1.74 bits per heavy atom. The van der Waals surface area contributed by atoms with Gasteiger partial charge in [0.1, 0.15) is 6.54 Å². The summed E-state index contributed by atoms with van der Waals surface area (Å²) < 4.78 is 47.4. The fraction of sp³-hybridized carbons (Fsp3) is 0.158. The van der Waals surface area contributed by atoms with Crippen molar-refractivity contribution in [3.8, 4) is 28.7 Å². The summed E-state index contributed by atoms with van der Waals surface area (Å²) >= 11 is 0. The van der Waals surface area contributed by atoms with E-state index in [1.807, 2.05) is 30.3 Å². The molecule has 0 amide bonds. The second-order valence-corrected chi connectivity index (χ2v) is 6.25. The van der Waals surface area contributed by atoms with Crippen LogP contribution >= 0.6 is 0 Å². The van der Waals surface area contributed by atoms with Crippen LogP contribution in [0, 0.1) is 0 Å². The predicted molar refractivity (Wildman–Crippen MR) is 99.9 cm³/mol. The molecule has 4 rings (SSSR count). The van der Waals surface area contributed by atoms with Crippen LogP contribution in [0.25, 0.3) is 22.6 Å². The van der Waals surface area contributed by atoms with Crippen molar-refractivity contribution in [2.45, 2.75) is 12.7 Å². The molecule has 0 saturated carbocycles. The summed E-state index contributed by atoms with van der Waals surface area (Å²) in [6.45, 7) is -1.56.